The molecular formula is C54H99O9P. The summed E-state index contributed by atoms with van der Waals surface area (Å²) in [7, 11) is -4.53. The summed E-state index contributed by atoms with van der Waals surface area (Å²) in [6.07, 6.45) is 60.5. The summed E-state index contributed by atoms with van der Waals surface area (Å²) in [6.45, 7) is 3.40. The van der Waals surface area contributed by atoms with Crippen molar-refractivity contribution in [3.63, 3.8) is 0 Å². The first kappa shape index (κ1) is 62.2. The second-order valence-electron chi connectivity index (χ2n) is 17.5. The third-order valence-electron chi connectivity index (χ3n) is 11.2. The van der Waals surface area contributed by atoms with Crippen LogP contribution in [0.4, 0.5) is 0 Å². The number of carbonyl (C=O) groups is 1. The van der Waals surface area contributed by atoms with E-state index in [-0.39, 0.29) is 25.6 Å². The zero-order valence-electron chi connectivity index (χ0n) is 41.2. The van der Waals surface area contributed by atoms with Crippen molar-refractivity contribution in [2.45, 2.75) is 244 Å². The number of hydrogen-bond acceptors (Lipinski definition) is 8. The lowest BCUT2D eigenvalue weighted by Crippen LogP contribution is -2.29. The minimum atomic E-state index is -4.53. The summed E-state index contributed by atoms with van der Waals surface area (Å²) in [6, 6.07) is 0. The third kappa shape index (κ3) is 49.6. The van der Waals surface area contributed by atoms with Crippen molar-refractivity contribution in [1.82, 2.24) is 0 Å². The summed E-state index contributed by atoms with van der Waals surface area (Å²) in [5, 5.41) is 18.4. The van der Waals surface area contributed by atoms with Crippen LogP contribution >= 0.6 is 7.82 Å². The van der Waals surface area contributed by atoms with Gasteiger partial charge < -0.3 is 24.6 Å². The third-order valence-corrected chi connectivity index (χ3v) is 12.2. The van der Waals surface area contributed by atoms with Crippen molar-refractivity contribution < 1.29 is 43.0 Å². The molecule has 0 heterocycles. The van der Waals surface area contributed by atoms with Gasteiger partial charge in [0.05, 0.1) is 26.4 Å². The van der Waals surface area contributed by atoms with Crippen LogP contribution in [0.1, 0.15) is 232 Å². The van der Waals surface area contributed by atoms with E-state index in [1.165, 1.54) is 135 Å². The minimum Gasteiger partial charge on any atom is -0.457 e. The lowest BCUT2D eigenvalue weighted by atomic mass is 10.0. The molecule has 64 heavy (non-hydrogen) atoms. The van der Waals surface area contributed by atoms with Crippen LogP contribution in [-0.4, -0.2) is 66.3 Å². The SMILES string of the molecule is CC/C=C\C/C=C\C/C=C\C/C=C\C/C=C\CCCCCCCCOCC(COP(=O)(O)OCC(O)CO)OC(=O)CCCCCCCCCCCCCCCCCCCCCCC. The summed E-state index contributed by atoms with van der Waals surface area (Å²) < 4.78 is 33.5. The minimum absolute atomic E-state index is 0.0392. The molecule has 0 saturated carbocycles. The number of hydrogen-bond donors (Lipinski definition) is 3. The quantitative estimate of drug-likeness (QED) is 0.0236. The molecule has 0 amide bonds. The summed E-state index contributed by atoms with van der Waals surface area (Å²) in [4.78, 5) is 22.7. The smallest absolute Gasteiger partial charge is 0.457 e. The van der Waals surface area contributed by atoms with Crippen molar-refractivity contribution in [3.05, 3.63) is 60.8 Å². The van der Waals surface area contributed by atoms with Crippen LogP contribution in [0.3, 0.4) is 0 Å². The maximum atomic E-state index is 12.7. The van der Waals surface area contributed by atoms with Crippen LogP contribution in [0.15, 0.2) is 60.8 Å². The maximum absolute atomic E-state index is 12.7. The Morgan fingerprint density at radius 2 is 0.891 bits per heavy atom. The molecule has 3 N–H and O–H groups in total. The largest absolute Gasteiger partial charge is 0.472 e. The fraction of sp³-hybridized carbons (Fsp3) is 0.796. The van der Waals surface area contributed by atoms with Crippen LogP contribution in [0.5, 0.6) is 0 Å². The number of aliphatic hydroxyl groups excluding tert-OH is 2. The fourth-order valence-electron chi connectivity index (χ4n) is 7.27. The molecule has 0 radical (unpaired) electrons. The topological polar surface area (TPSA) is 132 Å². The molecule has 3 atom stereocenters. The van der Waals surface area contributed by atoms with Gasteiger partial charge in [0.1, 0.15) is 12.2 Å². The Hall–Kier alpha value is -1.84. The van der Waals surface area contributed by atoms with Crippen molar-refractivity contribution in [3.8, 4) is 0 Å². The molecule has 0 aromatic carbocycles. The van der Waals surface area contributed by atoms with Crippen molar-refractivity contribution in [1.29, 1.82) is 0 Å². The Kier molecular flexibility index (Phi) is 49.1. The van der Waals surface area contributed by atoms with E-state index in [0.29, 0.717) is 6.61 Å². The Bertz CT molecular complexity index is 1180. The highest BCUT2D eigenvalue weighted by Crippen LogP contribution is 2.43. The number of allylic oxidation sites excluding steroid dienone is 10. The highest BCUT2D eigenvalue weighted by molar-refractivity contribution is 7.47. The van der Waals surface area contributed by atoms with Crippen LogP contribution in [0, 0.1) is 0 Å². The lowest BCUT2D eigenvalue weighted by molar-refractivity contribution is -0.154. The van der Waals surface area contributed by atoms with Gasteiger partial charge in [0, 0.05) is 13.0 Å². The zero-order valence-corrected chi connectivity index (χ0v) is 42.1. The maximum Gasteiger partial charge on any atom is 0.472 e. The van der Waals surface area contributed by atoms with E-state index < -0.39 is 33.2 Å². The molecule has 0 spiro atoms. The Balaban J connectivity index is 4.09. The zero-order chi connectivity index (χ0) is 46.7. The predicted molar refractivity (Wildman–Crippen MR) is 270 cm³/mol. The molecule has 3 unspecified atom stereocenters. The molecule has 9 nitrogen and oxygen atoms in total. The average molecular weight is 923 g/mol. The van der Waals surface area contributed by atoms with Gasteiger partial charge in [0.2, 0.25) is 0 Å². The first-order valence-corrected chi connectivity index (χ1v) is 27.8. The average Bonchev–Trinajstić information content (AvgIpc) is 3.29. The normalized spacial score (nSPS) is 14.3. The van der Waals surface area contributed by atoms with E-state index in [0.717, 1.165) is 77.0 Å². The van der Waals surface area contributed by atoms with Crippen molar-refractivity contribution in [2.24, 2.45) is 0 Å². The first-order chi connectivity index (χ1) is 31.3. The van der Waals surface area contributed by atoms with Gasteiger partial charge in [-0.25, -0.2) is 4.57 Å². The molecule has 0 rings (SSSR count). The highest BCUT2D eigenvalue weighted by Gasteiger charge is 2.26. The summed E-state index contributed by atoms with van der Waals surface area (Å²) >= 11 is 0. The number of aliphatic hydroxyl groups is 2. The Morgan fingerprint density at radius 3 is 1.34 bits per heavy atom. The molecule has 0 aliphatic carbocycles. The van der Waals surface area contributed by atoms with E-state index in [1.54, 1.807) is 0 Å². The number of ether oxygens (including phenoxy) is 2. The van der Waals surface area contributed by atoms with Crippen LogP contribution in [-0.2, 0) is 27.9 Å². The molecule has 374 valence electrons. The van der Waals surface area contributed by atoms with Gasteiger partial charge in [-0.05, 0) is 57.8 Å². The predicted octanol–water partition coefficient (Wildman–Crippen LogP) is 15.5. The second kappa shape index (κ2) is 50.6. The van der Waals surface area contributed by atoms with Gasteiger partial charge in [-0.15, -0.1) is 0 Å². The van der Waals surface area contributed by atoms with E-state index in [4.69, 9.17) is 23.6 Å². The molecule has 0 bridgehead atoms. The summed E-state index contributed by atoms with van der Waals surface area (Å²) in [5.74, 6) is -0.385. The van der Waals surface area contributed by atoms with E-state index >= 15 is 0 Å². The number of unbranched alkanes of at least 4 members (excludes halogenated alkanes) is 26. The van der Waals surface area contributed by atoms with Gasteiger partial charge >= 0.3 is 13.8 Å². The highest BCUT2D eigenvalue weighted by atomic mass is 31.2. The van der Waals surface area contributed by atoms with Gasteiger partial charge in [-0.1, -0.05) is 229 Å². The van der Waals surface area contributed by atoms with Gasteiger partial charge in [-0.2, -0.15) is 0 Å². The molecular weight excluding hydrogens is 824 g/mol. The van der Waals surface area contributed by atoms with Gasteiger partial charge in [0.25, 0.3) is 0 Å². The molecule has 0 aromatic heterocycles. The van der Waals surface area contributed by atoms with Crippen molar-refractivity contribution in [2.75, 3.05) is 33.0 Å². The van der Waals surface area contributed by atoms with Crippen LogP contribution in [0.25, 0.3) is 0 Å². The Morgan fingerprint density at radius 1 is 0.500 bits per heavy atom. The number of esters is 1. The number of phosphoric ester groups is 1. The van der Waals surface area contributed by atoms with Crippen molar-refractivity contribution >= 4 is 13.8 Å². The van der Waals surface area contributed by atoms with E-state index in [2.05, 4.69) is 74.6 Å². The van der Waals surface area contributed by atoms with Crippen LogP contribution < -0.4 is 0 Å². The monoisotopic (exact) mass is 923 g/mol. The summed E-state index contributed by atoms with van der Waals surface area (Å²) in [5.41, 5.74) is 0. The fourth-order valence-corrected chi connectivity index (χ4v) is 8.06. The molecule has 0 aliphatic heterocycles. The molecule has 0 fully saturated rings. The molecule has 0 saturated heterocycles. The number of rotatable bonds is 50. The number of carbonyl (C=O) groups excluding carboxylic acids is 1. The molecule has 10 heteroatoms. The molecule has 0 aliphatic rings. The molecule has 0 aromatic rings. The lowest BCUT2D eigenvalue weighted by Gasteiger charge is -2.20. The van der Waals surface area contributed by atoms with E-state index in [9.17, 15) is 19.4 Å². The first-order valence-electron chi connectivity index (χ1n) is 26.3. The van der Waals surface area contributed by atoms with Gasteiger partial charge in [0.15, 0.2) is 0 Å². The van der Waals surface area contributed by atoms with Gasteiger partial charge in [-0.3, -0.25) is 13.8 Å². The van der Waals surface area contributed by atoms with E-state index in [1.807, 2.05) is 0 Å². The Labute approximate surface area is 393 Å². The standard InChI is InChI=1S/C54H99O9P/c1-3-5-7-9-11-13-15-17-19-21-23-25-27-29-31-33-35-37-39-41-43-45-47-60-50-53(51-62-64(58,59)61-49-52(56)48-55)63-54(57)46-44-42-40-38-36-34-32-30-28-26-24-22-20-18-16-14-12-10-8-6-4-2/h5,7,11,13,17,19,23,25,29,31,52-53,55-56H,3-4,6,8-10,12,14-16,18,20-22,24,26-28,30,32-51H2,1-2H3,(H,58,59)/b7-5-,13-11-,19-17-,25-23-,31-29-. The number of phosphoric acid groups is 1. The second-order valence-corrected chi connectivity index (χ2v) is 19.0. The van der Waals surface area contributed by atoms with Crippen LogP contribution in [0.2, 0.25) is 0 Å².